The summed E-state index contributed by atoms with van der Waals surface area (Å²) >= 11 is 11.7. The van der Waals surface area contributed by atoms with Gasteiger partial charge in [0.15, 0.2) is 0 Å². The molecule has 2 aromatic rings. The van der Waals surface area contributed by atoms with E-state index in [-0.39, 0.29) is 6.61 Å². The molecule has 0 aliphatic carbocycles. The quantitative estimate of drug-likeness (QED) is 0.932. The van der Waals surface area contributed by atoms with Gasteiger partial charge in [-0.3, -0.25) is 0 Å². The Hall–Kier alpha value is -1.36. The van der Waals surface area contributed by atoms with E-state index in [0.717, 1.165) is 0 Å². The van der Waals surface area contributed by atoms with Crippen molar-refractivity contribution >= 4 is 23.2 Å². The van der Waals surface area contributed by atoms with Gasteiger partial charge in [-0.1, -0.05) is 23.2 Å². The topological polar surface area (TPSA) is 55.2 Å². The molecule has 6 heteroatoms. The summed E-state index contributed by atoms with van der Waals surface area (Å²) in [5.41, 5.74) is 0.474. The maximum Gasteiger partial charge on any atom is 0.238 e. The average Bonchev–Trinajstić information content (AvgIpc) is 2.28. The second-order valence-electron chi connectivity index (χ2n) is 3.23. The van der Waals surface area contributed by atoms with E-state index in [2.05, 4.69) is 10.2 Å². The third-order valence-electron chi connectivity index (χ3n) is 1.92. The summed E-state index contributed by atoms with van der Waals surface area (Å²) in [5.74, 6) is 0.786. The van der Waals surface area contributed by atoms with Crippen LogP contribution in [0.5, 0.6) is 11.6 Å². The van der Waals surface area contributed by atoms with Crippen molar-refractivity contribution in [3.8, 4) is 11.6 Å². The number of nitrogens with zero attached hydrogens (tertiary/aromatic N) is 2. The summed E-state index contributed by atoms with van der Waals surface area (Å²) < 4.78 is 5.42. The Morgan fingerprint density at radius 1 is 1.06 bits per heavy atom. The molecular weight excluding hydrogens is 263 g/mol. The molecule has 0 aliphatic heterocycles. The lowest BCUT2D eigenvalue weighted by molar-refractivity contribution is 0.274. The number of aliphatic hydroxyl groups is 1. The fraction of sp³-hybridized carbons (Fsp3) is 0.0909. The molecule has 0 unspecified atom stereocenters. The van der Waals surface area contributed by atoms with Crippen LogP contribution in [0.25, 0.3) is 0 Å². The molecule has 1 aromatic carbocycles. The molecule has 1 N–H and O–H groups in total. The number of ether oxygens (including phenoxy) is 1. The fourth-order valence-corrected chi connectivity index (χ4v) is 1.70. The minimum absolute atomic E-state index is 0.156. The molecule has 1 heterocycles. The normalized spacial score (nSPS) is 10.3. The Kier molecular flexibility index (Phi) is 3.78. The zero-order valence-electron chi connectivity index (χ0n) is 8.60. The zero-order chi connectivity index (χ0) is 12.3. The molecule has 0 spiro atoms. The highest BCUT2D eigenvalue weighted by molar-refractivity contribution is 6.34. The first-order valence-corrected chi connectivity index (χ1v) is 5.50. The molecular formula is C11H8Cl2N2O2. The Balaban J connectivity index is 2.19. The van der Waals surface area contributed by atoms with Gasteiger partial charge < -0.3 is 9.84 Å². The molecule has 0 bridgehead atoms. The van der Waals surface area contributed by atoms with E-state index in [1.165, 1.54) is 0 Å². The minimum Gasteiger partial charge on any atom is -0.437 e. The molecule has 0 amide bonds. The van der Waals surface area contributed by atoms with Crippen LogP contribution in [-0.4, -0.2) is 15.3 Å². The summed E-state index contributed by atoms with van der Waals surface area (Å²) in [5, 5.41) is 17.3. The predicted molar refractivity (Wildman–Crippen MR) is 64.5 cm³/mol. The fourth-order valence-electron chi connectivity index (χ4n) is 1.19. The van der Waals surface area contributed by atoms with Crippen LogP contribution < -0.4 is 4.74 Å². The SMILES string of the molecule is OCc1ccc(Oc2cc(Cl)cc(Cl)c2)nn1. The van der Waals surface area contributed by atoms with E-state index in [1.807, 2.05) is 0 Å². The summed E-state index contributed by atoms with van der Waals surface area (Å²) in [6.45, 7) is -0.156. The number of benzene rings is 1. The van der Waals surface area contributed by atoms with Crippen LogP contribution in [0.15, 0.2) is 30.3 Å². The Morgan fingerprint density at radius 2 is 1.76 bits per heavy atom. The maximum atomic E-state index is 8.81. The van der Waals surface area contributed by atoms with Crippen LogP contribution in [0.3, 0.4) is 0 Å². The molecule has 0 radical (unpaired) electrons. The minimum atomic E-state index is -0.156. The maximum absolute atomic E-state index is 8.81. The van der Waals surface area contributed by atoms with Gasteiger partial charge in [0.05, 0.1) is 12.3 Å². The summed E-state index contributed by atoms with van der Waals surface area (Å²) in [6, 6.07) is 8.07. The standard InChI is InChI=1S/C11H8Cl2N2O2/c12-7-3-8(13)5-10(4-7)17-11-2-1-9(6-16)14-15-11/h1-5,16H,6H2. The number of aromatic nitrogens is 2. The Morgan fingerprint density at radius 3 is 2.29 bits per heavy atom. The first-order chi connectivity index (χ1) is 8.17. The van der Waals surface area contributed by atoms with Crippen molar-refractivity contribution in [3.63, 3.8) is 0 Å². The van der Waals surface area contributed by atoms with Gasteiger partial charge in [0.2, 0.25) is 5.88 Å². The van der Waals surface area contributed by atoms with Gasteiger partial charge in [0, 0.05) is 16.1 Å². The third-order valence-corrected chi connectivity index (χ3v) is 2.35. The lowest BCUT2D eigenvalue weighted by Gasteiger charge is -2.05. The van der Waals surface area contributed by atoms with Crippen molar-refractivity contribution in [3.05, 3.63) is 46.1 Å². The highest BCUT2D eigenvalue weighted by Gasteiger charge is 2.03. The Labute approximate surface area is 108 Å². The summed E-state index contributed by atoms with van der Waals surface area (Å²) in [4.78, 5) is 0. The van der Waals surface area contributed by atoms with Crippen molar-refractivity contribution in [2.24, 2.45) is 0 Å². The van der Waals surface area contributed by atoms with Crippen molar-refractivity contribution in [2.45, 2.75) is 6.61 Å². The van der Waals surface area contributed by atoms with Crippen LogP contribution in [0.4, 0.5) is 0 Å². The Bertz CT molecular complexity index is 497. The van der Waals surface area contributed by atoms with Crippen molar-refractivity contribution < 1.29 is 9.84 Å². The predicted octanol–water partition coefficient (Wildman–Crippen LogP) is 3.07. The van der Waals surface area contributed by atoms with Crippen LogP contribution in [0.1, 0.15) is 5.69 Å². The number of hydrogen-bond donors (Lipinski definition) is 1. The molecule has 17 heavy (non-hydrogen) atoms. The van der Waals surface area contributed by atoms with E-state index in [1.54, 1.807) is 30.3 Å². The van der Waals surface area contributed by atoms with Gasteiger partial charge in [-0.05, 0) is 24.3 Å². The van der Waals surface area contributed by atoms with E-state index in [0.29, 0.717) is 27.4 Å². The van der Waals surface area contributed by atoms with Gasteiger partial charge in [-0.15, -0.1) is 10.2 Å². The lowest BCUT2D eigenvalue weighted by Crippen LogP contribution is -1.94. The monoisotopic (exact) mass is 270 g/mol. The second-order valence-corrected chi connectivity index (χ2v) is 4.10. The number of hydrogen-bond acceptors (Lipinski definition) is 4. The second kappa shape index (κ2) is 5.31. The largest absolute Gasteiger partial charge is 0.437 e. The smallest absolute Gasteiger partial charge is 0.238 e. The molecule has 4 nitrogen and oxygen atoms in total. The van der Waals surface area contributed by atoms with Crippen LogP contribution in [0.2, 0.25) is 10.0 Å². The van der Waals surface area contributed by atoms with Gasteiger partial charge >= 0.3 is 0 Å². The molecule has 88 valence electrons. The molecule has 2 rings (SSSR count). The van der Waals surface area contributed by atoms with E-state index in [4.69, 9.17) is 33.0 Å². The van der Waals surface area contributed by atoms with Crippen molar-refractivity contribution in [1.29, 1.82) is 0 Å². The highest BCUT2D eigenvalue weighted by Crippen LogP contribution is 2.27. The summed E-state index contributed by atoms with van der Waals surface area (Å²) in [6.07, 6.45) is 0. The first kappa shape index (κ1) is 12.1. The third kappa shape index (κ3) is 3.30. The van der Waals surface area contributed by atoms with Gasteiger partial charge in [-0.2, -0.15) is 0 Å². The molecule has 0 aliphatic rings. The van der Waals surface area contributed by atoms with Gasteiger partial charge in [0.25, 0.3) is 0 Å². The van der Waals surface area contributed by atoms with E-state index in [9.17, 15) is 0 Å². The van der Waals surface area contributed by atoms with Gasteiger partial charge in [-0.25, -0.2) is 0 Å². The average molecular weight is 271 g/mol. The zero-order valence-corrected chi connectivity index (χ0v) is 10.1. The van der Waals surface area contributed by atoms with Crippen LogP contribution in [0, 0.1) is 0 Å². The van der Waals surface area contributed by atoms with E-state index >= 15 is 0 Å². The van der Waals surface area contributed by atoms with Gasteiger partial charge in [0.1, 0.15) is 5.75 Å². The van der Waals surface area contributed by atoms with Crippen molar-refractivity contribution in [2.75, 3.05) is 0 Å². The van der Waals surface area contributed by atoms with Crippen LogP contribution in [-0.2, 0) is 6.61 Å². The number of rotatable bonds is 3. The highest BCUT2D eigenvalue weighted by atomic mass is 35.5. The summed E-state index contributed by atoms with van der Waals surface area (Å²) in [7, 11) is 0. The molecule has 0 saturated carbocycles. The lowest BCUT2D eigenvalue weighted by atomic mass is 10.3. The van der Waals surface area contributed by atoms with Crippen molar-refractivity contribution in [1.82, 2.24) is 10.2 Å². The molecule has 0 atom stereocenters. The van der Waals surface area contributed by atoms with E-state index < -0.39 is 0 Å². The molecule has 0 fully saturated rings. The van der Waals surface area contributed by atoms with Crippen LogP contribution >= 0.6 is 23.2 Å². The molecule has 1 aromatic heterocycles. The molecule has 0 saturated heterocycles. The first-order valence-electron chi connectivity index (χ1n) is 4.75. The number of aliphatic hydroxyl groups excluding tert-OH is 1. The number of halogens is 2.